The van der Waals surface area contributed by atoms with E-state index >= 15 is 0 Å². The van der Waals surface area contributed by atoms with E-state index < -0.39 is 22.9 Å². The molecule has 0 spiro atoms. The molecule has 0 fully saturated rings. The Bertz CT molecular complexity index is 995. The number of rotatable bonds is 9. The number of esters is 1. The zero-order valence-electron chi connectivity index (χ0n) is 17.3. The van der Waals surface area contributed by atoms with Crippen LogP contribution in [-0.4, -0.2) is 43.7 Å². The van der Waals surface area contributed by atoms with Crippen molar-refractivity contribution in [2.24, 2.45) is 0 Å². The highest BCUT2D eigenvalue weighted by Gasteiger charge is 2.24. The highest BCUT2D eigenvalue weighted by Crippen LogP contribution is 2.37. The first-order chi connectivity index (χ1) is 14.7. The average molecular weight is 497 g/mol. The molecule has 0 radical (unpaired) electrons. The summed E-state index contributed by atoms with van der Waals surface area (Å²) in [5, 5.41) is 13.6. The van der Waals surface area contributed by atoms with Gasteiger partial charge in [-0.1, -0.05) is 0 Å². The van der Waals surface area contributed by atoms with Gasteiger partial charge in [0.05, 0.1) is 41.9 Å². The molecule has 10 nitrogen and oxygen atoms in total. The maximum absolute atomic E-state index is 12.5. The average Bonchev–Trinajstić information content (AvgIpc) is 2.74. The van der Waals surface area contributed by atoms with Crippen LogP contribution in [0.15, 0.2) is 34.8 Å². The van der Waals surface area contributed by atoms with Crippen LogP contribution in [0.2, 0.25) is 0 Å². The van der Waals surface area contributed by atoms with Crippen molar-refractivity contribution in [2.75, 3.05) is 26.1 Å². The minimum atomic E-state index is -1.23. The number of hydrogen-bond acceptors (Lipinski definition) is 8. The molecular weight excluding hydrogens is 476 g/mol. The number of carbonyl (C=O) groups is 2. The fraction of sp³-hybridized carbons (Fsp3) is 0.300. The number of ether oxygens (including phenoxy) is 4. The van der Waals surface area contributed by atoms with E-state index in [-0.39, 0.29) is 22.7 Å². The minimum Gasteiger partial charge on any atom is -0.496 e. The molecule has 1 unspecified atom stereocenters. The zero-order valence-corrected chi connectivity index (χ0v) is 18.8. The Morgan fingerprint density at radius 3 is 2.48 bits per heavy atom. The molecule has 166 valence electrons. The number of hydrogen-bond donors (Lipinski definition) is 1. The van der Waals surface area contributed by atoms with Gasteiger partial charge in [0.1, 0.15) is 11.4 Å². The number of amides is 1. The van der Waals surface area contributed by atoms with Gasteiger partial charge in [0.25, 0.3) is 11.6 Å². The Hall–Kier alpha value is -3.34. The van der Waals surface area contributed by atoms with Crippen molar-refractivity contribution in [3.05, 3.63) is 50.5 Å². The summed E-state index contributed by atoms with van der Waals surface area (Å²) in [5.41, 5.74) is -0.280. The van der Waals surface area contributed by atoms with Crippen molar-refractivity contribution >= 4 is 39.2 Å². The summed E-state index contributed by atoms with van der Waals surface area (Å²) in [6.07, 6.45) is -1.23. The van der Waals surface area contributed by atoms with Crippen LogP contribution in [0.25, 0.3) is 0 Å². The fourth-order valence-electron chi connectivity index (χ4n) is 2.53. The van der Waals surface area contributed by atoms with Crippen molar-refractivity contribution in [3.8, 4) is 17.2 Å². The van der Waals surface area contributed by atoms with E-state index in [1.807, 2.05) is 6.92 Å². The first-order valence-electron chi connectivity index (χ1n) is 9.06. The predicted molar refractivity (Wildman–Crippen MR) is 115 cm³/mol. The van der Waals surface area contributed by atoms with Gasteiger partial charge in [-0.15, -0.1) is 0 Å². The van der Waals surface area contributed by atoms with E-state index in [4.69, 9.17) is 18.9 Å². The number of nitro benzene ring substituents is 1. The van der Waals surface area contributed by atoms with Gasteiger partial charge >= 0.3 is 5.97 Å². The summed E-state index contributed by atoms with van der Waals surface area (Å²) in [6, 6.07) is 6.88. The molecule has 31 heavy (non-hydrogen) atoms. The maximum Gasteiger partial charge on any atom is 0.339 e. The Morgan fingerprint density at radius 2 is 1.90 bits per heavy atom. The van der Waals surface area contributed by atoms with Gasteiger partial charge in [-0.2, -0.15) is 0 Å². The monoisotopic (exact) mass is 496 g/mol. The van der Waals surface area contributed by atoms with E-state index in [1.54, 1.807) is 0 Å². The van der Waals surface area contributed by atoms with E-state index in [0.29, 0.717) is 22.6 Å². The fourth-order valence-corrected chi connectivity index (χ4v) is 3.09. The third-order valence-corrected chi connectivity index (χ3v) is 4.66. The summed E-state index contributed by atoms with van der Waals surface area (Å²) in [4.78, 5) is 35.6. The lowest BCUT2D eigenvalue weighted by atomic mass is 10.2. The lowest BCUT2D eigenvalue weighted by Crippen LogP contribution is -2.30. The number of methoxy groups -OCH3 is 2. The third-order valence-electron chi connectivity index (χ3n) is 4.07. The third kappa shape index (κ3) is 5.85. The van der Waals surface area contributed by atoms with E-state index in [1.165, 1.54) is 51.5 Å². The lowest BCUT2D eigenvalue weighted by molar-refractivity contribution is -0.384. The molecule has 0 aliphatic carbocycles. The molecule has 0 saturated carbocycles. The molecule has 2 aromatic rings. The number of carbonyl (C=O) groups excluding carboxylic acids is 2. The van der Waals surface area contributed by atoms with Crippen LogP contribution in [0.1, 0.15) is 24.2 Å². The van der Waals surface area contributed by atoms with Crippen LogP contribution < -0.4 is 19.5 Å². The summed E-state index contributed by atoms with van der Waals surface area (Å²) in [7, 11) is 2.80. The highest BCUT2D eigenvalue weighted by atomic mass is 79.9. The SMILES string of the molecule is CCOc1c(Br)cc(C(=O)OC(C)C(=O)Nc2ccc(OC)cc2[N+](=O)[O-])cc1OC. The topological polar surface area (TPSA) is 126 Å². The van der Waals surface area contributed by atoms with Gasteiger partial charge in [-0.3, -0.25) is 14.9 Å². The molecule has 2 aromatic carbocycles. The van der Waals surface area contributed by atoms with Crippen molar-refractivity contribution in [3.63, 3.8) is 0 Å². The standard InChI is InChI=1S/C20H21BrN2O8/c1-5-30-18-14(21)8-12(9-17(18)29-4)20(25)31-11(2)19(24)22-15-7-6-13(28-3)10-16(15)23(26)27/h6-11H,5H2,1-4H3,(H,22,24). The number of anilines is 1. The molecule has 0 heterocycles. The Labute approximate surface area is 186 Å². The van der Waals surface area contributed by atoms with Gasteiger partial charge in [-0.25, -0.2) is 4.79 Å². The largest absolute Gasteiger partial charge is 0.496 e. The second-order valence-corrected chi connectivity index (χ2v) is 6.95. The van der Waals surface area contributed by atoms with Crippen LogP contribution in [0.3, 0.4) is 0 Å². The number of benzene rings is 2. The van der Waals surface area contributed by atoms with Crippen LogP contribution in [0.5, 0.6) is 17.2 Å². The first kappa shape index (κ1) is 23.9. The van der Waals surface area contributed by atoms with Crippen LogP contribution in [0.4, 0.5) is 11.4 Å². The van der Waals surface area contributed by atoms with Crippen LogP contribution >= 0.6 is 15.9 Å². The van der Waals surface area contributed by atoms with Crippen LogP contribution in [0, 0.1) is 10.1 Å². The maximum atomic E-state index is 12.5. The Balaban J connectivity index is 2.16. The molecule has 1 atom stereocenters. The molecule has 11 heteroatoms. The second kappa shape index (κ2) is 10.6. The summed E-state index contributed by atoms with van der Waals surface area (Å²) in [6.45, 7) is 3.55. The van der Waals surface area contributed by atoms with Crippen molar-refractivity contribution < 1.29 is 33.5 Å². The lowest BCUT2D eigenvalue weighted by Gasteiger charge is -2.16. The number of halogens is 1. The molecule has 0 aromatic heterocycles. The van der Waals surface area contributed by atoms with Crippen molar-refractivity contribution in [1.29, 1.82) is 0 Å². The molecule has 0 aliphatic heterocycles. The number of nitrogens with one attached hydrogen (secondary N) is 1. The zero-order chi connectivity index (χ0) is 23.1. The molecule has 0 saturated heterocycles. The minimum absolute atomic E-state index is 0.0517. The molecular formula is C20H21BrN2O8. The highest BCUT2D eigenvalue weighted by molar-refractivity contribution is 9.10. The van der Waals surface area contributed by atoms with Gasteiger partial charge < -0.3 is 24.3 Å². The molecule has 0 bridgehead atoms. The van der Waals surface area contributed by atoms with Gasteiger partial charge in [0.2, 0.25) is 0 Å². The molecule has 1 amide bonds. The Kier molecular flexibility index (Phi) is 8.20. The van der Waals surface area contributed by atoms with E-state index in [0.717, 1.165) is 0 Å². The number of nitrogens with zero attached hydrogens (tertiary/aromatic N) is 1. The van der Waals surface area contributed by atoms with Crippen LogP contribution in [-0.2, 0) is 9.53 Å². The number of nitro groups is 1. The van der Waals surface area contributed by atoms with Gasteiger partial charge in [-0.05, 0) is 54.0 Å². The summed E-state index contributed by atoms with van der Waals surface area (Å²) < 4.78 is 21.4. The van der Waals surface area contributed by atoms with E-state index in [9.17, 15) is 19.7 Å². The predicted octanol–water partition coefficient (Wildman–Crippen LogP) is 3.96. The normalized spacial score (nSPS) is 11.3. The first-order valence-corrected chi connectivity index (χ1v) is 9.85. The van der Waals surface area contributed by atoms with E-state index in [2.05, 4.69) is 21.2 Å². The molecule has 0 aliphatic rings. The van der Waals surface area contributed by atoms with Crippen molar-refractivity contribution in [1.82, 2.24) is 0 Å². The Morgan fingerprint density at radius 1 is 1.19 bits per heavy atom. The van der Waals surface area contributed by atoms with Crippen molar-refractivity contribution in [2.45, 2.75) is 20.0 Å². The second-order valence-electron chi connectivity index (χ2n) is 6.10. The molecule has 1 N–H and O–H groups in total. The van der Waals surface area contributed by atoms with Gasteiger partial charge in [0, 0.05) is 0 Å². The summed E-state index contributed by atoms with van der Waals surface area (Å²) in [5.74, 6) is -0.514. The van der Waals surface area contributed by atoms with Gasteiger partial charge in [0.15, 0.2) is 17.6 Å². The summed E-state index contributed by atoms with van der Waals surface area (Å²) >= 11 is 3.31. The molecule has 2 rings (SSSR count). The smallest absolute Gasteiger partial charge is 0.339 e. The quantitative estimate of drug-likeness (QED) is 0.314.